The fourth-order valence-electron chi connectivity index (χ4n) is 4.66. The monoisotopic (exact) mass is 475 g/mol. The number of hydrogen-bond acceptors (Lipinski definition) is 5. The minimum Gasteiger partial charge on any atom is -0.365 e. The van der Waals surface area contributed by atoms with Gasteiger partial charge in [0.1, 0.15) is 17.5 Å². The maximum Gasteiger partial charge on any atom is 0.419 e. The quantitative estimate of drug-likeness (QED) is 0.452. The molecule has 1 aromatic carbocycles. The molecule has 0 atom stereocenters. The summed E-state index contributed by atoms with van der Waals surface area (Å²) >= 11 is 0. The van der Waals surface area contributed by atoms with Gasteiger partial charge in [-0.3, -0.25) is 0 Å². The first-order valence-corrected chi connectivity index (χ1v) is 11.7. The Morgan fingerprint density at radius 2 is 1.82 bits per heavy atom. The number of nitrogens with zero attached hydrogens (tertiary/aromatic N) is 4. The molecule has 0 radical (unpaired) electrons. The second kappa shape index (κ2) is 9.82. The number of likely N-dealkylation sites (tertiary alicyclic amines) is 1. The predicted octanol–water partition coefficient (Wildman–Crippen LogP) is 5.86. The molecule has 1 saturated heterocycles. The summed E-state index contributed by atoms with van der Waals surface area (Å²) in [5.41, 5.74) is 1.36. The van der Waals surface area contributed by atoms with Gasteiger partial charge in [-0.15, -0.1) is 0 Å². The summed E-state index contributed by atoms with van der Waals surface area (Å²) in [4.78, 5) is 16.2. The van der Waals surface area contributed by atoms with Gasteiger partial charge in [0.25, 0.3) is 0 Å². The fraction of sp³-hybridized carbons (Fsp3) is 0.480. The van der Waals surface area contributed by atoms with E-state index in [4.69, 9.17) is 4.98 Å². The molecule has 0 amide bonds. The molecule has 1 aliphatic heterocycles. The third kappa shape index (κ3) is 4.99. The van der Waals surface area contributed by atoms with Gasteiger partial charge in [0.15, 0.2) is 5.65 Å². The zero-order chi connectivity index (χ0) is 24.5. The summed E-state index contributed by atoms with van der Waals surface area (Å²) in [6.07, 6.45) is -1.89. The van der Waals surface area contributed by atoms with Crippen LogP contribution in [0, 0.1) is 12.7 Å². The molecule has 0 saturated carbocycles. The normalized spacial score (nSPS) is 15.7. The van der Waals surface area contributed by atoms with E-state index in [2.05, 4.69) is 40.1 Å². The summed E-state index contributed by atoms with van der Waals surface area (Å²) in [5, 5.41) is 3.74. The molecule has 34 heavy (non-hydrogen) atoms. The largest absolute Gasteiger partial charge is 0.419 e. The Hall–Kier alpha value is -2.81. The number of nitrogens with one attached hydrogen (secondary N) is 1. The van der Waals surface area contributed by atoms with E-state index >= 15 is 0 Å². The molecule has 1 N–H and O–H groups in total. The van der Waals surface area contributed by atoms with Gasteiger partial charge in [-0.05, 0) is 69.4 Å². The molecule has 2 aromatic heterocycles. The minimum atomic E-state index is -4.75. The Balaban J connectivity index is 1.68. The summed E-state index contributed by atoms with van der Waals surface area (Å²) in [6.45, 7) is 8.94. The Morgan fingerprint density at radius 3 is 2.47 bits per heavy atom. The molecule has 0 spiro atoms. The van der Waals surface area contributed by atoms with E-state index < -0.39 is 17.6 Å². The predicted molar refractivity (Wildman–Crippen MR) is 124 cm³/mol. The van der Waals surface area contributed by atoms with E-state index in [1.165, 1.54) is 17.7 Å². The van der Waals surface area contributed by atoms with Crippen LogP contribution < -0.4 is 5.32 Å². The maximum atomic E-state index is 14.5. The lowest BCUT2D eigenvalue weighted by molar-refractivity contribution is -0.140. The van der Waals surface area contributed by atoms with Gasteiger partial charge in [0.05, 0.1) is 10.9 Å². The van der Waals surface area contributed by atoms with Gasteiger partial charge in [-0.1, -0.05) is 26.0 Å². The molecule has 0 bridgehead atoms. The molecule has 3 heterocycles. The SMILES string of the molecule is CCc1nc2nc(C)nc(NCc3cccc(C(F)(F)F)c3F)c2cc1C1CCN(CC)CC1. The van der Waals surface area contributed by atoms with E-state index in [9.17, 15) is 17.6 Å². The third-order valence-electron chi connectivity index (χ3n) is 6.55. The fourth-order valence-corrected chi connectivity index (χ4v) is 4.66. The molecular formula is C25H29F4N5. The van der Waals surface area contributed by atoms with Crippen molar-refractivity contribution in [2.75, 3.05) is 25.0 Å². The number of hydrogen-bond donors (Lipinski definition) is 1. The van der Waals surface area contributed by atoms with E-state index in [0.717, 1.165) is 50.7 Å². The number of rotatable bonds is 6. The van der Waals surface area contributed by atoms with Crippen molar-refractivity contribution >= 4 is 16.9 Å². The average molecular weight is 476 g/mol. The molecule has 3 aromatic rings. The molecule has 4 rings (SSSR count). The van der Waals surface area contributed by atoms with Gasteiger partial charge in [0, 0.05) is 17.8 Å². The van der Waals surface area contributed by atoms with Crippen LogP contribution in [0.3, 0.4) is 0 Å². The average Bonchev–Trinajstić information content (AvgIpc) is 2.81. The van der Waals surface area contributed by atoms with Crippen LogP contribution in [0.5, 0.6) is 0 Å². The van der Waals surface area contributed by atoms with Gasteiger partial charge in [0.2, 0.25) is 0 Å². The Kier molecular flexibility index (Phi) is 7.02. The van der Waals surface area contributed by atoms with Crippen LogP contribution in [0.4, 0.5) is 23.4 Å². The van der Waals surface area contributed by atoms with E-state index in [1.807, 2.05) is 0 Å². The number of piperidine rings is 1. The number of aromatic nitrogens is 3. The van der Waals surface area contributed by atoms with Gasteiger partial charge >= 0.3 is 6.18 Å². The number of fused-ring (bicyclic) bond motifs is 1. The second-order valence-electron chi connectivity index (χ2n) is 8.71. The van der Waals surface area contributed by atoms with Crippen molar-refractivity contribution in [3.63, 3.8) is 0 Å². The van der Waals surface area contributed by atoms with Crippen molar-refractivity contribution < 1.29 is 17.6 Å². The zero-order valence-electron chi connectivity index (χ0n) is 19.6. The van der Waals surface area contributed by atoms with Gasteiger partial charge < -0.3 is 10.2 Å². The number of aryl methyl sites for hydroxylation is 2. The number of benzene rings is 1. The summed E-state index contributed by atoms with van der Waals surface area (Å²) < 4.78 is 53.8. The van der Waals surface area contributed by atoms with Crippen LogP contribution in [0.2, 0.25) is 0 Å². The summed E-state index contributed by atoms with van der Waals surface area (Å²) in [6, 6.07) is 5.36. The third-order valence-corrected chi connectivity index (χ3v) is 6.55. The zero-order valence-corrected chi connectivity index (χ0v) is 19.6. The second-order valence-corrected chi connectivity index (χ2v) is 8.71. The van der Waals surface area contributed by atoms with Gasteiger partial charge in [-0.2, -0.15) is 13.2 Å². The van der Waals surface area contributed by atoms with Crippen LogP contribution in [0.25, 0.3) is 11.0 Å². The lowest BCUT2D eigenvalue weighted by Gasteiger charge is -2.32. The molecule has 0 aliphatic carbocycles. The highest BCUT2D eigenvalue weighted by Gasteiger charge is 2.34. The van der Waals surface area contributed by atoms with E-state index in [-0.39, 0.29) is 12.1 Å². The smallest absolute Gasteiger partial charge is 0.365 e. The first kappa shape index (κ1) is 24.3. The van der Waals surface area contributed by atoms with Crippen LogP contribution in [0.1, 0.15) is 60.8 Å². The highest BCUT2D eigenvalue weighted by molar-refractivity contribution is 5.87. The van der Waals surface area contributed by atoms with Crippen molar-refractivity contribution in [2.24, 2.45) is 0 Å². The van der Waals surface area contributed by atoms with Crippen molar-refractivity contribution in [1.29, 1.82) is 0 Å². The topological polar surface area (TPSA) is 53.9 Å². The number of alkyl halides is 3. The van der Waals surface area contributed by atoms with Crippen molar-refractivity contribution in [3.8, 4) is 0 Å². The van der Waals surface area contributed by atoms with Crippen LogP contribution >= 0.6 is 0 Å². The first-order valence-electron chi connectivity index (χ1n) is 11.7. The van der Waals surface area contributed by atoms with Crippen molar-refractivity contribution in [3.05, 3.63) is 58.3 Å². The highest BCUT2D eigenvalue weighted by atomic mass is 19.4. The molecular weight excluding hydrogens is 446 g/mol. The standard InChI is InChI=1S/C25H29F4N5/c1-4-21-18(16-9-11-34(5-2)12-10-16)13-19-23(31-15(3)32-24(19)33-21)30-14-17-7-6-8-20(22(17)26)25(27,28)29/h6-8,13,16H,4-5,9-12,14H2,1-3H3,(H,30,31,32,33). The molecule has 1 fully saturated rings. The lowest BCUT2D eigenvalue weighted by Crippen LogP contribution is -2.33. The van der Waals surface area contributed by atoms with Crippen LogP contribution in [-0.4, -0.2) is 39.5 Å². The molecule has 5 nitrogen and oxygen atoms in total. The minimum absolute atomic E-state index is 0.0791. The number of halogens is 4. The summed E-state index contributed by atoms with van der Waals surface area (Å²) in [7, 11) is 0. The van der Waals surface area contributed by atoms with Crippen molar-refractivity contribution in [2.45, 2.75) is 58.7 Å². The van der Waals surface area contributed by atoms with Crippen LogP contribution in [0.15, 0.2) is 24.3 Å². The Morgan fingerprint density at radius 1 is 1.09 bits per heavy atom. The molecule has 182 valence electrons. The molecule has 0 unspecified atom stereocenters. The Bertz CT molecular complexity index is 1170. The highest BCUT2D eigenvalue weighted by Crippen LogP contribution is 2.35. The number of anilines is 1. The maximum absolute atomic E-state index is 14.5. The summed E-state index contributed by atoms with van der Waals surface area (Å²) in [5.74, 6) is 0.0387. The van der Waals surface area contributed by atoms with Crippen LogP contribution in [-0.2, 0) is 19.1 Å². The number of pyridine rings is 1. The molecule has 9 heteroatoms. The van der Waals surface area contributed by atoms with Crippen molar-refractivity contribution in [1.82, 2.24) is 19.9 Å². The lowest BCUT2D eigenvalue weighted by atomic mass is 9.87. The molecule has 1 aliphatic rings. The first-order chi connectivity index (χ1) is 16.2. The Labute approximate surface area is 196 Å². The van der Waals surface area contributed by atoms with Gasteiger partial charge in [-0.25, -0.2) is 19.3 Å². The van der Waals surface area contributed by atoms with E-state index in [0.29, 0.717) is 28.6 Å². The van der Waals surface area contributed by atoms with E-state index in [1.54, 1.807) is 6.92 Å².